The SMILES string of the molecule is O=C(O)C1=CC=CC=CC=CC=CC=CNN=C1. The van der Waals surface area contributed by atoms with Gasteiger partial charge in [-0.05, 0) is 12.2 Å². The molecule has 0 aromatic rings. The van der Waals surface area contributed by atoms with E-state index in [1.807, 2.05) is 36.5 Å². The summed E-state index contributed by atoms with van der Waals surface area (Å²) in [5.41, 5.74) is 2.71. The normalized spacial score (nSPS) is 15.7. The lowest BCUT2D eigenvalue weighted by atomic mass is 10.2. The summed E-state index contributed by atoms with van der Waals surface area (Å²) < 4.78 is 0. The molecule has 18 heavy (non-hydrogen) atoms. The molecule has 0 bridgehead atoms. The fourth-order valence-electron chi connectivity index (χ4n) is 1.03. The van der Waals surface area contributed by atoms with Crippen LogP contribution in [0.2, 0.25) is 0 Å². The topological polar surface area (TPSA) is 61.7 Å². The molecule has 1 heterocycles. The lowest BCUT2D eigenvalue weighted by Gasteiger charge is -1.92. The lowest BCUT2D eigenvalue weighted by Crippen LogP contribution is -2.04. The summed E-state index contributed by atoms with van der Waals surface area (Å²) in [6, 6.07) is 0. The number of carboxylic acid groups (broad SMARTS) is 1. The van der Waals surface area contributed by atoms with Crippen LogP contribution < -0.4 is 5.43 Å². The number of aliphatic carboxylic acids is 1. The third-order valence-corrected chi connectivity index (χ3v) is 1.86. The summed E-state index contributed by atoms with van der Waals surface area (Å²) in [7, 11) is 0. The quantitative estimate of drug-likeness (QED) is 0.741. The van der Waals surface area contributed by atoms with Crippen LogP contribution in [0.25, 0.3) is 0 Å². The van der Waals surface area contributed by atoms with Gasteiger partial charge in [0, 0.05) is 6.20 Å². The number of hydrogen-bond donors (Lipinski definition) is 2. The minimum absolute atomic E-state index is 0.0986. The van der Waals surface area contributed by atoms with E-state index in [1.54, 1.807) is 24.4 Å². The van der Waals surface area contributed by atoms with Crippen LogP contribution in [0.15, 0.2) is 77.6 Å². The first-order valence-electron chi connectivity index (χ1n) is 5.36. The zero-order chi connectivity index (χ0) is 13.1. The van der Waals surface area contributed by atoms with Gasteiger partial charge in [0.25, 0.3) is 0 Å². The molecule has 0 saturated carbocycles. The number of hydrogen-bond acceptors (Lipinski definition) is 3. The first-order valence-corrected chi connectivity index (χ1v) is 5.36. The summed E-state index contributed by atoms with van der Waals surface area (Å²) in [6.07, 6.45) is 20.6. The van der Waals surface area contributed by atoms with Crippen LogP contribution in [0, 0.1) is 0 Å². The molecule has 2 N–H and O–H groups in total. The molecule has 1 aliphatic rings. The number of rotatable bonds is 1. The molecular weight excluding hydrogens is 228 g/mol. The predicted molar refractivity (Wildman–Crippen MR) is 73.0 cm³/mol. The van der Waals surface area contributed by atoms with E-state index < -0.39 is 5.97 Å². The maximum Gasteiger partial charge on any atom is 0.337 e. The fourth-order valence-corrected chi connectivity index (χ4v) is 1.03. The van der Waals surface area contributed by atoms with E-state index in [1.165, 1.54) is 12.3 Å². The highest BCUT2D eigenvalue weighted by Crippen LogP contribution is 1.93. The average Bonchev–Trinajstić information content (AvgIpc) is 2.36. The van der Waals surface area contributed by atoms with Crippen LogP contribution in [0.5, 0.6) is 0 Å². The van der Waals surface area contributed by atoms with Gasteiger partial charge >= 0.3 is 5.97 Å². The molecule has 0 amide bonds. The van der Waals surface area contributed by atoms with Crippen molar-refractivity contribution >= 4 is 12.2 Å². The van der Waals surface area contributed by atoms with Gasteiger partial charge in [-0.3, -0.25) is 5.43 Å². The van der Waals surface area contributed by atoms with E-state index in [2.05, 4.69) is 10.5 Å². The molecular formula is C14H14N2O2. The molecule has 1 aliphatic heterocycles. The first-order chi connectivity index (χ1) is 8.80. The Morgan fingerprint density at radius 1 is 0.944 bits per heavy atom. The Balaban J connectivity index is 2.87. The molecule has 0 atom stereocenters. The molecule has 0 saturated heterocycles. The molecule has 1 rings (SSSR count). The second-order valence-corrected chi connectivity index (χ2v) is 3.21. The summed E-state index contributed by atoms with van der Waals surface area (Å²) in [6.45, 7) is 0. The zero-order valence-corrected chi connectivity index (χ0v) is 9.73. The van der Waals surface area contributed by atoms with Crippen molar-refractivity contribution < 1.29 is 9.90 Å². The summed E-state index contributed by atoms with van der Waals surface area (Å²) in [5, 5.41) is 12.7. The highest BCUT2D eigenvalue weighted by molar-refractivity contribution is 6.08. The number of hydrazone groups is 1. The standard InChI is InChI=1S/C14H14N2O2/c17-14(18)13-10-8-6-4-2-1-3-5-7-9-11-15-16-12-13/h1-12,15H,(H,17,18). The van der Waals surface area contributed by atoms with E-state index in [-0.39, 0.29) is 5.57 Å². The van der Waals surface area contributed by atoms with Crippen LogP contribution >= 0.6 is 0 Å². The molecule has 0 aliphatic carbocycles. The average molecular weight is 242 g/mol. The molecule has 0 aromatic carbocycles. The molecule has 0 fully saturated rings. The van der Waals surface area contributed by atoms with Crippen molar-refractivity contribution in [2.75, 3.05) is 0 Å². The predicted octanol–water partition coefficient (Wildman–Crippen LogP) is 2.32. The van der Waals surface area contributed by atoms with Crippen LogP contribution in [0.1, 0.15) is 0 Å². The smallest absolute Gasteiger partial charge is 0.337 e. The maximum atomic E-state index is 10.9. The third-order valence-electron chi connectivity index (χ3n) is 1.86. The summed E-state index contributed by atoms with van der Waals surface area (Å²) in [5.74, 6) is -1.03. The van der Waals surface area contributed by atoms with Gasteiger partial charge in [0.15, 0.2) is 0 Å². The van der Waals surface area contributed by atoms with Crippen LogP contribution in [-0.4, -0.2) is 17.3 Å². The molecule has 0 spiro atoms. The lowest BCUT2D eigenvalue weighted by molar-refractivity contribution is -0.132. The van der Waals surface area contributed by atoms with Crippen molar-refractivity contribution in [1.29, 1.82) is 0 Å². The zero-order valence-electron chi connectivity index (χ0n) is 9.73. The third kappa shape index (κ3) is 6.07. The van der Waals surface area contributed by atoms with Gasteiger partial charge in [0.2, 0.25) is 0 Å². The van der Waals surface area contributed by atoms with Gasteiger partial charge in [-0.15, -0.1) is 0 Å². The Morgan fingerprint density at radius 3 is 2.11 bits per heavy atom. The van der Waals surface area contributed by atoms with Gasteiger partial charge in [-0.2, -0.15) is 5.10 Å². The molecule has 0 radical (unpaired) electrons. The number of carbonyl (C=O) groups is 1. The van der Waals surface area contributed by atoms with E-state index >= 15 is 0 Å². The van der Waals surface area contributed by atoms with Crippen molar-refractivity contribution in [1.82, 2.24) is 5.43 Å². The van der Waals surface area contributed by atoms with Crippen molar-refractivity contribution in [3.05, 3.63) is 72.5 Å². The summed E-state index contributed by atoms with van der Waals surface area (Å²) in [4.78, 5) is 10.9. The van der Waals surface area contributed by atoms with Crippen LogP contribution in [0.3, 0.4) is 0 Å². The molecule has 0 unspecified atom stereocenters. The van der Waals surface area contributed by atoms with Gasteiger partial charge in [0.1, 0.15) is 0 Å². The number of allylic oxidation sites excluding steroid dienone is 10. The Morgan fingerprint density at radius 2 is 1.50 bits per heavy atom. The monoisotopic (exact) mass is 242 g/mol. The number of nitrogens with zero attached hydrogens (tertiary/aromatic N) is 1. The van der Waals surface area contributed by atoms with Crippen molar-refractivity contribution in [2.45, 2.75) is 0 Å². The van der Waals surface area contributed by atoms with E-state index in [0.29, 0.717) is 0 Å². The second-order valence-electron chi connectivity index (χ2n) is 3.21. The molecule has 92 valence electrons. The fraction of sp³-hybridized carbons (Fsp3) is 0. The first kappa shape index (κ1) is 13.4. The van der Waals surface area contributed by atoms with Gasteiger partial charge in [0.05, 0.1) is 11.8 Å². The Labute approximate surface area is 106 Å². The highest BCUT2D eigenvalue weighted by Gasteiger charge is 2.01. The molecule has 4 nitrogen and oxygen atoms in total. The van der Waals surface area contributed by atoms with Gasteiger partial charge in [-0.25, -0.2) is 4.79 Å². The second kappa shape index (κ2) is 8.52. The number of carboxylic acids is 1. The summed E-state index contributed by atoms with van der Waals surface area (Å²) >= 11 is 0. The van der Waals surface area contributed by atoms with Gasteiger partial charge in [-0.1, -0.05) is 48.6 Å². The maximum absolute atomic E-state index is 10.9. The number of nitrogens with one attached hydrogen (secondary N) is 1. The Bertz CT molecular complexity index is 478. The Hall–Kier alpha value is -2.62. The molecule has 0 aromatic heterocycles. The van der Waals surface area contributed by atoms with Crippen molar-refractivity contribution in [2.24, 2.45) is 5.10 Å². The van der Waals surface area contributed by atoms with Crippen molar-refractivity contribution in [3.63, 3.8) is 0 Å². The highest BCUT2D eigenvalue weighted by atomic mass is 16.4. The van der Waals surface area contributed by atoms with E-state index in [4.69, 9.17) is 5.11 Å². The van der Waals surface area contributed by atoms with E-state index in [0.717, 1.165) is 0 Å². The van der Waals surface area contributed by atoms with Gasteiger partial charge < -0.3 is 5.11 Å². The minimum Gasteiger partial charge on any atom is -0.478 e. The van der Waals surface area contributed by atoms with Crippen LogP contribution in [0.4, 0.5) is 0 Å². The van der Waals surface area contributed by atoms with Crippen molar-refractivity contribution in [3.8, 4) is 0 Å². The minimum atomic E-state index is -1.03. The largest absolute Gasteiger partial charge is 0.478 e. The Kier molecular flexibility index (Phi) is 6.37. The van der Waals surface area contributed by atoms with E-state index in [9.17, 15) is 4.79 Å². The molecule has 4 heteroatoms. The van der Waals surface area contributed by atoms with Crippen LogP contribution in [-0.2, 0) is 4.79 Å².